The van der Waals surface area contributed by atoms with Gasteiger partial charge in [0.15, 0.2) is 0 Å². The molecule has 0 aliphatic carbocycles. The minimum absolute atomic E-state index is 0.00382. The fourth-order valence-electron chi connectivity index (χ4n) is 1.35. The van der Waals surface area contributed by atoms with Gasteiger partial charge in [-0.25, -0.2) is 0 Å². The maximum absolute atomic E-state index is 13.1. The van der Waals surface area contributed by atoms with Crippen molar-refractivity contribution in [2.75, 3.05) is 20.6 Å². The third-order valence-electron chi connectivity index (χ3n) is 2.10. The van der Waals surface area contributed by atoms with E-state index in [0.717, 1.165) is 6.07 Å². The van der Waals surface area contributed by atoms with Crippen LogP contribution in [0.5, 0.6) is 11.5 Å². The van der Waals surface area contributed by atoms with Crippen molar-refractivity contribution in [2.45, 2.75) is 12.6 Å². The molecule has 0 aliphatic rings. The Morgan fingerprint density at radius 1 is 1.24 bits per heavy atom. The van der Waals surface area contributed by atoms with Crippen molar-refractivity contribution in [1.82, 2.24) is 0 Å². The number of rotatable bonds is 4. The summed E-state index contributed by atoms with van der Waals surface area (Å²) >= 11 is 0. The smallest absolute Gasteiger partial charge is 0.420 e. The van der Waals surface area contributed by atoms with Crippen LogP contribution in [-0.4, -0.2) is 20.6 Å². The number of halogens is 3. The third kappa shape index (κ3) is 3.03. The summed E-state index contributed by atoms with van der Waals surface area (Å²) in [5, 5.41) is 0. The Morgan fingerprint density at radius 2 is 1.88 bits per heavy atom. The second-order valence-corrected chi connectivity index (χ2v) is 3.20. The van der Waals surface area contributed by atoms with E-state index in [4.69, 9.17) is 14.0 Å². The third-order valence-corrected chi connectivity index (χ3v) is 2.10. The van der Waals surface area contributed by atoms with Crippen LogP contribution >= 0.6 is 0 Å². The Bertz CT molecular complexity index is 556. The van der Waals surface area contributed by atoms with Crippen LogP contribution in [0, 0.1) is 0 Å². The highest BCUT2D eigenvalue weighted by atomic mass is 19.4. The average Bonchev–Trinajstić information content (AvgIpc) is 2.27. The maximum Gasteiger partial charge on any atom is 0.420 e. The van der Waals surface area contributed by atoms with Crippen LogP contribution in [0.25, 0.3) is 0 Å². The van der Waals surface area contributed by atoms with Crippen molar-refractivity contribution in [2.24, 2.45) is 5.73 Å². The Hall–Kier alpha value is -1.43. The van der Waals surface area contributed by atoms with Gasteiger partial charge in [0.25, 0.3) is 0 Å². The first-order valence-corrected chi connectivity index (χ1v) is 4.55. The molecule has 0 saturated carbocycles. The van der Waals surface area contributed by atoms with E-state index in [9.17, 15) is 13.2 Å². The summed E-state index contributed by atoms with van der Waals surface area (Å²) in [6, 6.07) is 1.18. The lowest BCUT2D eigenvalue weighted by atomic mass is 10.1. The number of methoxy groups -OCH3 is 2. The van der Waals surface area contributed by atoms with Gasteiger partial charge in [0, 0.05) is 0 Å². The molecule has 96 valence electrons. The highest BCUT2D eigenvalue weighted by molar-refractivity contribution is 5.48. The van der Waals surface area contributed by atoms with Crippen LogP contribution < -0.4 is 15.2 Å². The number of nitrogens with two attached hydrogens (primary N) is 1. The van der Waals surface area contributed by atoms with E-state index in [1.54, 1.807) is 0 Å². The van der Waals surface area contributed by atoms with Crippen LogP contribution in [0.3, 0.4) is 0 Å². The first kappa shape index (κ1) is 7.10. The maximum atomic E-state index is 13.1. The molecule has 1 aromatic carbocycles. The van der Waals surface area contributed by atoms with E-state index in [2.05, 4.69) is 9.47 Å². The zero-order chi connectivity index (χ0) is 18.1. The zero-order valence-corrected chi connectivity index (χ0v) is 8.60. The van der Waals surface area contributed by atoms with Gasteiger partial charge in [0.1, 0.15) is 17.1 Å². The predicted octanol–water partition coefficient (Wildman–Crippen LogP) is 2.22. The number of benzene rings is 1. The summed E-state index contributed by atoms with van der Waals surface area (Å²) in [5.41, 5.74) is 3.87. The second-order valence-electron chi connectivity index (χ2n) is 3.20. The normalized spacial score (nSPS) is 18.1. The Kier molecular flexibility index (Phi) is 2.20. The van der Waals surface area contributed by atoms with E-state index < -0.39 is 37.3 Å². The molecule has 2 N–H and O–H groups in total. The molecular weight excluding hydrogens is 235 g/mol. The summed E-state index contributed by atoms with van der Waals surface area (Å²) in [4.78, 5) is 0. The minimum atomic E-state index is -4.96. The molecule has 0 amide bonds. The molecule has 1 aromatic rings. The lowest BCUT2D eigenvalue weighted by molar-refractivity contribution is -0.138. The molecule has 0 radical (unpaired) electrons. The van der Waals surface area contributed by atoms with Gasteiger partial charge in [-0.3, -0.25) is 0 Å². The monoisotopic (exact) mass is 255 g/mol. The summed E-state index contributed by atoms with van der Waals surface area (Å²) < 4.78 is 90.0. The standard InChI is InChI=1S/C11H14F3NO2/c1-16-9-6-8(11(12,13)14)10(17-2)5-7(9)3-4-15/h5-6H,3-4,15H2,1-2H3/i1D3,2D3. The highest BCUT2D eigenvalue weighted by Crippen LogP contribution is 2.40. The van der Waals surface area contributed by atoms with Crippen molar-refractivity contribution in [3.8, 4) is 11.5 Å². The molecule has 3 nitrogen and oxygen atoms in total. The summed E-state index contributed by atoms with van der Waals surface area (Å²) in [6.07, 6.45) is -4.99. The molecule has 0 spiro atoms. The van der Waals surface area contributed by atoms with Crippen LogP contribution in [0.15, 0.2) is 12.1 Å². The van der Waals surface area contributed by atoms with Crippen molar-refractivity contribution < 1.29 is 30.9 Å². The van der Waals surface area contributed by atoms with Gasteiger partial charge in [0.2, 0.25) is 0 Å². The highest BCUT2D eigenvalue weighted by Gasteiger charge is 2.35. The van der Waals surface area contributed by atoms with Gasteiger partial charge in [-0.15, -0.1) is 0 Å². The van der Waals surface area contributed by atoms with Crippen LogP contribution in [0.2, 0.25) is 0 Å². The topological polar surface area (TPSA) is 44.5 Å². The fourth-order valence-corrected chi connectivity index (χ4v) is 1.35. The number of hydrogen-bond acceptors (Lipinski definition) is 3. The van der Waals surface area contributed by atoms with Crippen molar-refractivity contribution in [3.63, 3.8) is 0 Å². The fraction of sp³-hybridized carbons (Fsp3) is 0.455. The molecule has 6 heteroatoms. The molecule has 0 unspecified atom stereocenters. The van der Waals surface area contributed by atoms with Crippen molar-refractivity contribution in [1.29, 1.82) is 0 Å². The zero-order valence-electron chi connectivity index (χ0n) is 14.6. The van der Waals surface area contributed by atoms with Crippen LogP contribution in [0.1, 0.15) is 19.4 Å². The molecule has 1 rings (SSSR count). The minimum Gasteiger partial charge on any atom is -0.496 e. The number of alkyl halides is 3. The number of hydrogen-bond donors (Lipinski definition) is 1. The largest absolute Gasteiger partial charge is 0.496 e. The quantitative estimate of drug-likeness (QED) is 0.897. The van der Waals surface area contributed by atoms with Gasteiger partial charge < -0.3 is 15.2 Å². The average molecular weight is 255 g/mol. The molecular formula is C11H14F3NO2. The molecule has 0 atom stereocenters. The van der Waals surface area contributed by atoms with Gasteiger partial charge in [0.05, 0.1) is 22.3 Å². The lowest BCUT2D eigenvalue weighted by Crippen LogP contribution is -2.10. The molecule has 17 heavy (non-hydrogen) atoms. The van der Waals surface area contributed by atoms with E-state index in [0.29, 0.717) is 6.07 Å². The van der Waals surface area contributed by atoms with Gasteiger partial charge >= 0.3 is 6.18 Å². The molecule has 0 fully saturated rings. The first-order valence-electron chi connectivity index (χ1n) is 7.55. The summed E-state index contributed by atoms with van der Waals surface area (Å²) in [5.74, 6) is -1.50. The van der Waals surface area contributed by atoms with E-state index in [1.165, 1.54) is 0 Å². The van der Waals surface area contributed by atoms with Gasteiger partial charge in [-0.1, -0.05) is 0 Å². The Morgan fingerprint density at radius 3 is 2.41 bits per heavy atom. The van der Waals surface area contributed by atoms with Gasteiger partial charge in [-0.05, 0) is 30.7 Å². The number of ether oxygens (including phenoxy) is 2. The second kappa shape index (κ2) is 5.27. The lowest BCUT2D eigenvalue weighted by Gasteiger charge is -2.16. The van der Waals surface area contributed by atoms with Gasteiger partial charge in [-0.2, -0.15) is 13.2 Å². The van der Waals surface area contributed by atoms with Crippen LogP contribution in [-0.2, 0) is 12.6 Å². The molecule has 0 aromatic heterocycles. The van der Waals surface area contributed by atoms with E-state index >= 15 is 0 Å². The summed E-state index contributed by atoms with van der Waals surface area (Å²) in [6.45, 7) is -0.0179. The summed E-state index contributed by atoms with van der Waals surface area (Å²) in [7, 11) is -6.08. The molecule has 0 saturated heterocycles. The van der Waals surface area contributed by atoms with E-state index in [-0.39, 0.29) is 18.5 Å². The Labute approximate surface area is 106 Å². The van der Waals surface area contributed by atoms with Crippen molar-refractivity contribution >= 4 is 0 Å². The van der Waals surface area contributed by atoms with Crippen molar-refractivity contribution in [3.05, 3.63) is 23.3 Å². The molecule has 0 heterocycles. The Balaban J connectivity index is 3.48. The SMILES string of the molecule is [2H]C([2H])([2H])Oc1cc(C(F)(F)F)c(OC([2H])([2H])[2H])cc1CCN. The predicted molar refractivity (Wildman–Crippen MR) is 57.3 cm³/mol. The molecule has 0 aliphatic heterocycles. The van der Waals surface area contributed by atoms with Crippen LogP contribution in [0.4, 0.5) is 13.2 Å². The molecule has 0 bridgehead atoms. The first-order chi connectivity index (χ1) is 10.2. The van der Waals surface area contributed by atoms with E-state index in [1.807, 2.05) is 0 Å².